The zero-order chi connectivity index (χ0) is 19.3. The van der Waals surface area contributed by atoms with Crippen LogP contribution in [0.4, 0.5) is 0 Å². The first-order valence-electron chi connectivity index (χ1n) is 9.45. The summed E-state index contributed by atoms with van der Waals surface area (Å²) >= 11 is 0. The van der Waals surface area contributed by atoms with Gasteiger partial charge in [0.15, 0.2) is 5.82 Å². The Morgan fingerprint density at radius 1 is 1.19 bits per heavy atom. The Morgan fingerprint density at radius 2 is 1.92 bits per heavy atom. The molecule has 8 nitrogen and oxygen atoms in total. The van der Waals surface area contributed by atoms with Gasteiger partial charge in [0, 0.05) is 32.5 Å². The Labute approximate surface area is 155 Å². The molecule has 0 saturated heterocycles. The molecule has 2 heterocycles. The highest BCUT2D eigenvalue weighted by Crippen LogP contribution is 2.22. The number of likely N-dealkylation sites (N-methyl/N-ethyl adjacent to an activating group) is 1. The van der Waals surface area contributed by atoms with E-state index in [1.807, 2.05) is 30.8 Å². The molecular formula is C18H32N6O2. The van der Waals surface area contributed by atoms with Gasteiger partial charge in [0.05, 0.1) is 12.6 Å². The third kappa shape index (κ3) is 5.27. The van der Waals surface area contributed by atoms with Gasteiger partial charge in [-0.2, -0.15) is 0 Å². The lowest BCUT2D eigenvalue weighted by Crippen LogP contribution is -2.38. The number of amides is 2. The lowest BCUT2D eigenvalue weighted by Gasteiger charge is -2.23. The van der Waals surface area contributed by atoms with E-state index in [0.717, 1.165) is 18.1 Å². The second-order valence-electron chi connectivity index (χ2n) is 7.60. The van der Waals surface area contributed by atoms with Crippen LogP contribution in [-0.4, -0.2) is 70.1 Å². The molecule has 146 valence electrons. The highest BCUT2D eigenvalue weighted by atomic mass is 16.2. The average molecular weight is 364 g/mol. The van der Waals surface area contributed by atoms with Gasteiger partial charge in [-0.25, -0.2) is 0 Å². The van der Waals surface area contributed by atoms with Crippen LogP contribution in [0.15, 0.2) is 0 Å². The summed E-state index contributed by atoms with van der Waals surface area (Å²) < 4.78 is 2.09. The van der Waals surface area contributed by atoms with Crippen LogP contribution < -0.4 is 5.32 Å². The van der Waals surface area contributed by atoms with Gasteiger partial charge >= 0.3 is 0 Å². The van der Waals surface area contributed by atoms with Crippen LogP contribution in [-0.2, 0) is 22.6 Å². The summed E-state index contributed by atoms with van der Waals surface area (Å²) in [6.45, 7) is 8.49. The average Bonchev–Trinajstić information content (AvgIpc) is 2.84. The van der Waals surface area contributed by atoms with Gasteiger partial charge in [-0.3, -0.25) is 9.59 Å². The van der Waals surface area contributed by atoms with Crippen molar-refractivity contribution in [1.29, 1.82) is 0 Å². The molecule has 0 saturated carbocycles. The van der Waals surface area contributed by atoms with Crippen LogP contribution in [0.2, 0.25) is 0 Å². The molecule has 0 bridgehead atoms. The number of hydrogen-bond acceptors (Lipinski definition) is 5. The molecular weight excluding hydrogens is 332 g/mol. The maximum atomic E-state index is 12.3. The molecule has 0 unspecified atom stereocenters. The number of nitrogens with one attached hydrogen (secondary N) is 1. The topological polar surface area (TPSA) is 83.4 Å². The van der Waals surface area contributed by atoms with Gasteiger partial charge in [0.1, 0.15) is 5.82 Å². The minimum absolute atomic E-state index is 0.0191. The lowest BCUT2D eigenvalue weighted by atomic mass is 10.0. The first-order valence-corrected chi connectivity index (χ1v) is 9.45. The van der Waals surface area contributed by atoms with Crippen molar-refractivity contribution in [2.45, 2.75) is 52.6 Å². The summed E-state index contributed by atoms with van der Waals surface area (Å²) in [5, 5.41) is 11.9. The summed E-state index contributed by atoms with van der Waals surface area (Å²) in [7, 11) is 3.75. The van der Waals surface area contributed by atoms with E-state index in [-0.39, 0.29) is 17.9 Å². The SMILES string of the molecule is CCC(=O)N1CCc2nnc([C@H](CC(C)C)NC(=O)CN(C)C)n2CC1. The van der Waals surface area contributed by atoms with Crippen molar-refractivity contribution in [2.24, 2.45) is 5.92 Å². The third-order valence-electron chi connectivity index (χ3n) is 4.52. The predicted molar refractivity (Wildman–Crippen MR) is 99.5 cm³/mol. The number of rotatable bonds is 7. The van der Waals surface area contributed by atoms with Gasteiger partial charge in [-0.05, 0) is 26.4 Å². The fourth-order valence-corrected chi connectivity index (χ4v) is 3.30. The third-order valence-corrected chi connectivity index (χ3v) is 4.52. The number of hydrogen-bond donors (Lipinski definition) is 1. The highest BCUT2D eigenvalue weighted by Gasteiger charge is 2.26. The number of carbonyl (C=O) groups is 2. The predicted octanol–water partition coefficient (Wildman–Crippen LogP) is 0.838. The molecule has 2 amide bonds. The fraction of sp³-hybridized carbons (Fsp3) is 0.778. The maximum Gasteiger partial charge on any atom is 0.234 e. The van der Waals surface area contributed by atoms with Gasteiger partial charge in [0.2, 0.25) is 11.8 Å². The van der Waals surface area contributed by atoms with E-state index in [2.05, 4.69) is 33.9 Å². The van der Waals surface area contributed by atoms with Crippen LogP contribution >= 0.6 is 0 Å². The van der Waals surface area contributed by atoms with Gasteiger partial charge in [-0.15, -0.1) is 10.2 Å². The van der Waals surface area contributed by atoms with E-state index < -0.39 is 0 Å². The Balaban J connectivity index is 2.19. The van der Waals surface area contributed by atoms with Crippen LogP contribution in [0.25, 0.3) is 0 Å². The van der Waals surface area contributed by atoms with Gasteiger partial charge in [0.25, 0.3) is 0 Å². The Kier molecular flexibility index (Phi) is 7.14. The van der Waals surface area contributed by atoms with Crippen LogP contribution in [0, 0.1) is 5.92 Å². The number of aromatic nitrogens is 3. The van der Waals surface area contributed by atoms with E-state index in [4.69, 9.17) is 0 Å². The molecule has 1 N–H and O–H groups in total. The molecule has 1 aromatic heterocycles. The summed E-state index contributed by atoms with van der Waals surface area (Å²) in [5.41, 5.74) is 0. The van der Waals surface area contributed by atoms with E-state index in [0.29, 0.717) is 44.9 Å². The van der Waals surface area contributed by atoms with E-state index in [1.54, 1.807) is 0 Å². The van der Waals surface area contributed by atoms with Crippen LogP contribution in [0.3, 0.4) is 0 Å². The molecule has 2 rings (SSSR count). The molecule has 1 aromatic rings. The standard InChI is InChI=1S/C18H32N6O2/c1-6-17(26)23-8-7-15-20-21-18(24(15)10-9-23)14(11-13(2)3)19-16(25)12-22(4)5/h13-14H,6-12H2,1-5H3,(H,19,25)/t14-/m0/s1. The van der Waals surface area contributed by atoms with Crippen LogP contribution in [0.1, 0.15) is 51.3 Å². The lowest BCUT2D eigenvalue weighted by molar-refractivity contribution is -0.130. The number of carbonyl (C=O) groups excluding carboxylic acids is 2. The molecule has 1 aliphatic heterocycles. The molecule has 1 atom stereocenters. The van der Waals surface area contributed by atoms with Crippen molar-refractivity contribution >= 4 is 11.8 Å². The number of fused-ring (bicyclic) bond motifs is 1. The van der Waals surface area contributed by atoms with E-state index in [1.165, 1.54) is 0 Å². The van der Waals surface area contributed by atoms with Crippen molar-refractivity contribution in [3.63, 3.8) is 0 Å². The van der Waals surface area contributed by atoms with Crippen molar-refractivity contribution in [3.05, 3.63) is 11.6 Å². The fourth-order valence-electron chi connectivity index (χ4n) is 3.30. The second kappa shape index (κ2) is 9.12. The first kappa shape index (κ1) is 20.4. The van der Waals surface area contributed by atoms with Crippen molar-refractivity contribution in [2.75, 3.05) is 33.7 Å². The largest absolute Gasteiger partial charge is 0.345 e. The van der Waals surface area contributed by atoms with Crippen LogP contribution in [0.5, 0.6) is 0 Å². The molecule has 0 radical (unpaired) electrons. The molecule has 1 aliphatic rings. The Morgan fingerprint density at radius 3 is 2.54 bits per heavy atom. The molecule has 0 aromatic carbocycles. The molecule has 0 fully saturated rings. The van der Waals surface area contributed by atoms with Crippen molar-refractivity contribution in [3.8, 4) is 0 Å². The number of nitrogens with zero attached hydrogens (tertiary/aromatic N) is 5. The van der Waals surface area contributed by atoms with E-state index >= 15 is 0 Å². The first-order chi connectivity index (χ1) is 12.3. The van der Waals surface area contributed by atoms with Gasteiger partial charge in [-0.1, -0.05) is 20.8 Å². The summed E-state index contributed by atoms with van der Waals surface area (Å²) in [6.07, 6.45) is 2.01. The smallest absolute Gasteiger partial charge is 0.234 e. The molecule has 0 spiro atoms. The summed E-state index contributed by atoms with van der Waals surface area (Å²) in [5.74, 6) is 2.25. The second-order valence-corrected chi connectivity index (χ2v) is 7.60. The van der Waals surface area contributed by atoms with Gasteiger partial charge < -0.3 is 19.7 Å². The summed E-state index contributed by atoms with van der Waals surface area (Å²) in [4.78, 5) is 28.1. The highest BCUT2D eigenvalue weighted by molar-refractivity contribution is 5.78. The normalized spacial score (nSPS) is 15.7. The Hall–Kier alpha value is -1.96. The zero-order valence-electron chi connectivity index (χ0n) is 16.7. The zero-order valence-corrected chi connectivity index (χ0v) is 16.7. The van der Waals surface area contributed by atoms with E-state index in [9.17, 15) is 9.59 Å². The Bertz CT molecular complexity index is 625. The van der Waals surface area contributed by atoms with Crippen molar-refractivity contribution < 1.29 is 9.59 Å². The molecule has 0 aliphatic carbocycles. The summed E-state index contributed by atoms with van der Waals surface area (Å²) in [6, 6.07) is -0.169. The minimum Gasteiger partial charge on any atom is -0.345 e. The monoisotopic (exact) mass is 364 g/mol. The molecule has 8 heteroatoms. The van der Waals surface area contributed by atoms with Crippen molar-refractivity contribution in [1.82, 2.24) is 29.9 Å². The molecule has 26 heavy (non-hydrogen) atoms. The quantitative estimate of drug-likeness (QED) is 0.775. The minimum atomic E-state index is -0.169. The maximum absolute atomic E-state index is 12.3.